The highest BCUT2D eigenvalue weighted by atomic mass is 35.5. The number of nitrogens with zero attached hydrogens (tertiary/aromatic N) is 2. The van der Waals surface area contributed by atoms with Gasteiger partial charge >= 0.3 is 0 Å². The monoisotopic (exact) mass is 342 g/mol. The first-order chi connectivity index (χ1) is 11.6. The van der Waals surface area contributed by atoms with E-state index in [0.29, 0.717) is 12.8 Å². The zero-order valence-corrected chi connectivity index (χ0v) is 14.8. The maximum atomic E-state index is 12.5. The molecule has 2 aromatic rings. The molecule has 24 heavy (non-hydrogen) atoms. The number of aryl methyl sites for hydroxylation is 2. The normalized spacial score (nSPS) is 14.8. The maximum absolute atomic E-state index is 12.5. The molecule has 126 valence electrons. The van der Waals surface area contributed by atoms with E-state index >= 15 is 0 Å². The molecule has 0 bridgehead atoms. The van der Waals surface area contributed by atoms with Crippen molar-refractivity contribution in [2.45, 2.75) is 19.8 Å². The van der Waals surface area contributed by atoms with Crippen molar-refractivity contribution in [3.63, 3.8) is 0 Å². The van der Waals surface area contributed by atoms with Gasteiger partial charge in [-0.1, -0.05) is 48.0 Å². The molecule has 0 unspecified atom stereocenters. The van der Waals surface area contributed by atoms with Crippen LogP contribution < -0.4 is 4.90 Å². The second-order valence-electron chi connectivity index (χ2n) is 6.25. The fourth-order valence-corrected chi connectivity index (χ4v) is 3.45. The number of para-hydroxylation sites is 1. The van der Waals surface area contributed by atoms with Crippen LogP contribution in [0.4, 0.5) is 5.69 Å². The summed E-state index contributed by atoms with van der Waals surface area (Å²) in [4.78, 5) is 16.8. The molecule has 1 saturated heterocycles. The molecule has 0 aliphatic carbocycles. The number of halogens is 1. The van der Waals surface area contributed by atoms with Gasteiger partial charge in [0, 0.05) is 43.3 Å². The van der Waals surface area contributed by atoms with Crippen LogP contribution in [0.25, 0.3) is 0 Å². The lowest BCUT2D eigenvalue weighted by molar-refractivity contribution is -0.131. The highest BCUT2D eigenvalue weighted by molar-refractivity contribution is 6.31. The molecule has 0 aromatic heterocycles. The van der Waals surface area contributed by atoms with Gasteiger partial charge in [-0.15, -0.1) is 0 Å². The number of anilines is 1. The summed E-state index contributed by atoms with van der Waals surface area (Å²) in [6.07, 6.45) is 1.23. The number of piperazine rings is 1. The summed E-state index contributed by atoms with van der Waals surface area (Å²) in [6.45, 7) is 5.49. The van der Waals surface area contributed by atoms with E-state index in [1.165, 1.54) is 11.3 Å². The lowest BCUT2D eigenvalue weighted by Gasteiger charge is -2.37. The average Bonchev–Trinajstić information content (AvgIpc) is 2.61. The number of hydrogen-bond donors (Lipinski definition) is 0. The fraction of sp³-hybridized carbons (Fsp3) is 0.350. The largest absolute Gasteiger partial charge is 0.368 e. The Labute approximate surface area is 148 Å². The van der Waals surface area contributed by atoms with Gasteiger partial charge in [-0.25, -0.2) is 0 Å². The van der Waals surface area contributed by atoms with E-state index in [2.05, 4.69) is 36.1 Å². The predicted molar refractivity (Wildman–Crippen MR) is 99.7 cm³/mol. The minimum Gasteiger partial charge on any atom is -0.368 e. The van der Waals surface area contributed by atoms with Crippen molar-refractivity contribution in [2.75, 3.05) is 31.1 Å². The molecule has 1 fully saturated rings. The summed E-state index contributed by atoms with van der Waals surface area (Å²) < 4.78 is 0. The van der Waals surface area contributed by atoms with E-state index < -0.39 is 0 Å². The molecular formula is C20H23ClN2O. The Morgan fingerprint density at radius 3 is 2.38 bits per heavy atom. The van der Waals surface area contributed by atoms with Crippen molar-refractivity contribution >= 4 is 23.2 Å². The van der Waals surface area contributed by atoms with Crippen molar-refractivity contribution in [3.8, 4) is 0 Å². The quantitative estimate of drug-likeness (QED) is 0.840. The molecule has 3 rings (SSSR count). The molecule has 1 amide bonds. The SMILES string of the molecule is Cc1ccccc1N1CCN(C(=O)CCc2ccccc2Cl)CC1. The zero-order chi connectivity index (χ0) is 16.9. The third-order valence-electron chi connectivity index (χ3n) is 4.65. The Balaban J connectivity index is 1.52. The first kappa shape index (κ1) is 16.8. The fourth-order valence-electron chi connectivity index (χ4n) is 3.22. The minimum absolute atomic E-state index is 0.222. The number of carbonyl (C=O) groups excluding carboxylic acids is 1. The number of hydrogen-bond acceptors (Lipinski definition) is 2. The Morgan fingerprint density at radius 2 is 1.67 bits per heavy atom. The van der Waals surface area contributed by atoms with Gasteiger partial charge < -0.3 is 9.80 Å². The minimum atomic E-state index is 0.222. The van der Waals surface area contributed by atoms with E-state index in [1.807, 2.05) is 29.2 Å². The van der Waals surface area contributed by atoms with E-state index in [1.54, 1.807) is 0 Å². The highest BCUT2D eigenvalue weighted by Crippen LogP contribution is 2.21. The van der Waals surface area contributed by atoms with Gasteiger partial charge in [0.25, 0.3) is 0 Å². The summed E-state index contributed by atoms with van der Waals surface area (Å²) in [5.41, 5.74) is 3.61. The smallest absolute Gasteiger partial charge is 0.223 e. The van der Waals surface area contributed by atoms with Gasteiger partial charge in [0.05, 0.1) is 0 Å². The molecule has 3 nitrogen and oxygen atoms in total. The molecule has 1 aliphatic heterocycles. The van der Waals surface area contributed by atoms with Crippen LogP contribution in [0.3, 0.4) is 0 Å². The summed E-state index contributed by atoms with van der Waals surface area (Å²) in [6, 6.07) is 16.2. The maximum Gasteiger partial charge on any atom is 0.223 e. The Morgan fingerprint density at radius 1 is 1.00 bits per heavy atom. The Kier molecular flexibility index (Phi) is 5.41. The standard InChI is InChI=1S/C20H23ClN2O/c1-16-6-2-5-9-19(16)22-12-14-23(15-13-22)20(24)11-10-17-7-3-4-8-18(17)21/h2-9H,10-15H2,1H3. The van der Waals surface area contributed by atoms with Crippen molar-refractivity contribution in [1.82, 2.24) is 4.90 Å². The molecule has 0 N–H and O–H groups in total. The first-order valence-electron chi connectivity index (χ1n) is 8.47. The summed E-state index contributed by atoms with van der Waals surface area (Å²) in [7, 11) is 0. The van der Waals surface area contributed by atoms with Crippen LogP contribution >= 0.6 is 11.6 Å². The van der Waals surface area contributed by atoms with Crippen LogP contribution in [0.1, 0.15) is 17.5 Å². The molecule has 2 aromatic carbocycles. The molecule has 4 heteroatoms. The number of carbonyl (C=O) groups is 1. The second kappa shape index (κ2) is 7.71. The first-order valence-corrected chi connectivity index (χ1v) is 8.85. The van der Waals surface area contributed by atoms with E-state index in [9.17, 15) is 4.79 Å². The van der Waals surface area contributed by atoms with Crippen LogP contribution in [0.15, 0.2) is 48.5 Å². The van der Waals surface area contributed by atoms with Gasteiger partial charge in [-0.05, 0) is 36.6 Å². The summed E-state index contributed by atoms with van der Waals surface area (Å²) >= 11 is 6.16. The second-order valence-corrected chi connectivity index (χ2v) is 6.65. The topological polar surface area (TPSA) is 23.6 Å². The van der Waals surface area contributed by atoms with E-state index in [-0.39, 0.29) is 5.91 Å². The van der Waals surface area contributed by atoms with Crippen LogP contribution in [0.2, 0.25) is 5.02 Å². The van der Waals surface area contributed by atoms with Crippen molar-refractivity contribution in [1.29, 1.82) is 0 Å². The van der Waals surface area contributed by atoms with Crippen LogP contribution in [-0.4, -0.2) is 37.0 Å². The Bertz CT molecular complexity index is 708. The van der Waals surface area contributed by atoms with Crippen LogP contribution in [-0.2, 0) is 11.2 Å². The number of benzene rings is 2. The van der Waals surface area contributed by atoms with E-state index in [0.717, 1.165) is 36.8 Å². The zero-order valence-electron chi connectivity index (χ0n) is 14.0. The lowest BCUT2D eigenvalue weighted by atomic mass is 10.1. The van der Waals surface area contributed by atoms with Gasteiger partial charge in [0.1, 0.15) is 0 Å². The highest BCUT2D eigenvalue weighted by Gasteiger charge is 2.21. The molecule has 0 atom stereocenters. The molecule has 0 spiro atoms. The van der Waals surface area contributed by atoms with Crippen molar-refractivity contribution in [2.24, 2.45) is 0 Å². The summed E-state index contributed by atoms with van der Waals surface area (Å²) in [5.74, 6) is 0.222. The average molecular weight is 343 g/mol. The Hall–Kier alpha value is -2.00. The number of amides is 1. The number of rotatable bonds is 4. The molecule has 1 aliphatic rings. The van der Waals surface area contributed by atoms with Crippen molar-refractivity contribution in [3.05, 3.63) is 64.7 Å². The van der Waals surface area contributed by atoms with Crippen LogP contribution in [0.5, 0.6) is 0 Å². The molecule has 0 radical (unpaired) electrons. The van der Waals surface area contributed by atoms with Gasteiger partial charge in [-0.3, -0.25) is 4.79 Å². The van der Waals surface area contributed by atoms with Gasteiger partial charge in [0.15, 0.2) is 0 Å². The predicted octanol–water partition coefficient (Wildman–Crippen LogP) is 3.93. The molecule has 0 saturated carbocycles. The molecule has 1 heterocycles. The van der Waals surface area contributed by atoms with Crippen LogP contribution in [0, 0.1) is 6.92 Å². The summed E-state index contributed by atoms with van der Waals surface area (Å²) in [5, 5.41) is 0.745. The van der Waals surface area contributed by atoms with Crippen molar-refractivity contribution < 1.29 is 4.79 Å². The lowest BCUT2D eigenvalue weighted by Crippen LogP contribution is -2.49. The van der Waals surface area contributed by atoms with E-state index in [4.69, 9.17) is 11.6 Å². The third-order valence-corrected chi connectivity index (χ3v) is 5.02. The third kappa shape index (κ3) is 3.90. The molecular weight excluding hydrogens is 320 g/mol. The van der Waals surface area contributed by atoms with Gasteiger partial charge in [-0.2, -0.15) is 0 Å². The van der Waals surface area contributed by atoms with Gasteiger partial charge in [0.2, 0.25) is 5.91 Å².